The highest BCUT2D eigenvalue weighted by Gasteiger charge is 2.15. The average Bonchev–Trinajstić information content (AvgIpc) is 2.63. The van der Waals surface area contributed by atoms with Crippen molar-refractivity contribution in [3.63, 3.8) is 0 Å². The summed E-state index contributed by atoms with van der Waals surface area (Å²) in [5, 5.41) is 4.65. The van der Waals surface area contributed by atoms with Gasteiger partial charge in [-0.15, -0.1) is 0 Å². The minimum Gasteiger partial charge on any atom is -0.347 e. The second-order valence-electron chi connectivity index (χ2n) is 4.51. The Balaban J connectivity index is 2.59. The summed E-state index contributed by atoms with van der Waals surface area (Å²) in [4.78, 5) is 14.4. The fraction of sp³-hybridized carbons (Fsp3) is 0.500. The van der Waals surface area contributed by atoms with Crippen LogP contribution in [0.25, 0.3) is 5.95 Å². The van der Waals surface area contributed by atoms with Crippen LogP contribution in [0.5, 0.6) is 0 Å². The van der Waals surface area contributed by atoms with Crippen LogP contribution in [0.1, 0.15) is 23.9 Å². The summed E-state index contributed by atoms with van der Waals surface area (Å²) in [6, 6.07) is 0. The third-order valence-electron chi connectivity index (χ3n) is 2.97. The number of halogens is 1. The first-order valence-corrected chi connectivity index (χ1v) is 6.46. The van der Waals surface area contributed by atoms with Gasteiger partial charge in [0.1, 0.15) is 0 Å². The van der Waals surface area contributed by atoms with Crippen LogP contribution in [-0.4, -0.2) is 38.8 Å². The predicted molar refractivity (Wildman–Crippen MR) is 75.1 cm³/mol. The Labute approximate surface area is 117 Å². The van der Waals surface area contributed by atoms with Crippen molar-refractivity contribution in [1.82, 2.24) is 24.7 Å². The number of aryl methyl sites for hydroxylation is 1. The molecule has 0 N–H and O–H groups in total. The van der Waals surface area contributed by atoms with Gasteiger partial charge in [-0.1, -0.05) is 6.92 Å². The number of nitrogens with zero attached hydrogens (tertiary/aromatic N) is 6. The lowest BCUT2D eigenvalue weighted by Crippen LogP contribution is -2.16. The van der Waals surface area contributed by atoms with Crippen molar-refractivity contribution >= 4 is 17.5 Å². The van der Waals surface area contributed by atoms with Gasteiger partial charge in [0.2, 0.25) is 11.2 Å². The van der Waals surface area contributed by atoms with Gasteiger partial charge in [-0.3, -0.25) is 0 Å². The normalized spacial score (nSPS) is 10.8. The molecule has 0 spiro atoms. The SMILES string of the molecule is CCc1c(C)nn(-c2nc(Cl)nc(N(C)C)n2)c1C. The van der Waals surface area contributed by atoms with Gasteiger partial charge in [0.05, 0.1) is 5.69 Å². The number of hydrogen-bond acceptors (Lipinski definition) is 5. The van der Waals surface area contributed by atoms with Crippen LogP contribution < -0.4 is 4.90 Å². The standard InChI is InChI=1S/C12H17ClN6/c1-6-9-7(2)17-19(8(9)3)12-15-10(13)14-11(16-12)18(4)5/h6H2,1-5H3. The summed E-state index contributed by atoms with van der Waals surface area (Å²) in [6.07, 6.45) is 0.928. The van der Waals surface area contributed by atoms with Crippen molar-refractivity contribution in [1.29, 1.82) is 0 Å². The molecule has 0 amide bonds. The number of hydrogen-bond donors (Lipinski definition) is 0. The van der Waals surface area contributed by atoms with E-state index in [4.69, 9.17) is 11.6 Å². The summed E-state index contributed by atoms with van der Waals surface area (Å²) in [5.41, 5.74) is 3.23. The monoisotopic (exact) mass is 280 g/mol. The van der Waals surface area contributed by atoms with Gasteiger partial charge in [-0.05, 0) is 37.4 Å². The van der Waals surface area contributed by atoms with Crippen LogP contribution in [0.4, 0.5) is 5.95 Å². The van der Waals surface area contributed by atoms with Gasteiger partial charge in [0, 0.05) is 19.8 Å². The molecule has 2 aromatic rings. The Kier molecular flexibility index (Phi) is 3.71. The zero-order chi connectivity index (χ0) is 14.2. The van der Waals surface area contributed by atoms with Gasteiger partial charge in [-0.25, -0.2) is 4.68 Å². The van der Waals surface area contributed by atoms with E-state index in [1.165, 1.54) is 5.56 Å². The molecule has 0 saturated carbocycles. The lowest BCUT2D eigenvalue weighted by molar-refractivity contribution is 0.758. The largest absolute Gasteiger partial charge is 0.347 e. The van der Waals surface area contributed by atoms with Crippen LogP contribution >= 0.6 is 11.6 Å². The molecule has 0 fully saturated rings. The fourth-order valence-corrected chi connectivity index (χ4v) is 2.16. The van der Waals surface area contributed by atoms with Crippen LogP contribution in [0.15, 0.2) is 0 Å². The zero-order valence-corrected chi connectivity index (χ0v) is 12.5. The molecule has 7 heteroatoms. The molecular weight excluding hydrogens is 264 g/mol. The van der Waals surface area contributed by atoms with E-state index in [9.17, 15) is 0 Å². The van der Waals surface area contributed by atoms with Gasteiger partial charge in [0.15, 0.2) is 0 Å². The van der Waals surface area contributed by atoms with Crippen LogP contribution in [0, 0.1) is 13.8 Å². The molecule has 102 valence electrons. The Morgan fingerprint density at radius 1 is 1.16 bits per heavy atom. The molecule has 0 aromatic carbocycles. The van der Waals surface area contributed by atoms with Crippen molar-refractivity contribution in [2.75, 3.05) is 19.0 Å². The first-order valence-electron chi connectivity index (χ1n) is 6.08. The van der Waals surface area contributed by atoms with E-state index in [1.807, 2.05) is 27.9 Å². The molecule has 2 aromatic heterocycles. The second kappa shape index (κ2) is 5.13. The van der Waals surface area contributed by atoms with Crippen LogP contribution in [0.3, 0.4) is 0 Å². The molecule has 2 rings (SSSR count). The summed E-state index contributed by atoms with van der Waals surface area (Å²) >= 11 is 5.95. The van der Waals surface area contributed by atoms with Gasteiger partial charge in [-0.2, -0.15) is 20.1 Å². The summed E-state index contributed by atoms with van der Waals surface area (Å²) in [6.45, 7) is 6.09. The molecule has 0 saturated heterocycles. The minimum atomic E-state index is 0.166. The smallest absolute Gasteiger partial charge is 0.256 e. The van der Waals surface area contributed by atoms with Crippen molar-refractivity contribution in [2.24, 2.45) is 0 Å². The maximum atomic E-state index is 5.95. The Morgan fingerprint density at radius 3 is 2.37 bits per heavy atom. The third kappa shape index (κ3) is 2.53. The molecule has 2 heterocycles. The lowest BCUT2D eigenvalue weighted by Gasteiger charge is -2.11. The third-order valence-corrected chi connectivity index (χ3v) is 3.14. The highest BCUT2D eigenvalue weighted by molar-refractivity contribution is 6.28. The van der Waals surface area contributed by atoms with Crippen LogP contribution in [-0.2, 0) is 6.42 Å². The summed E-state index contributed by atoms with van der Waals surface area (Å²) in [5.74, 6) is 0.963. The molecule has 0 bridgehead atoms. The summed E-state index contributed by atoms with van der Waals surface area (Å²) < 4.78 is 1.72. The molecule has 0 aliphatic carbocycles. The van der Waals surface area contributed by atoms with E-state index < -0.39 is 0 Å². The molecule has 0 aliphatic heterocycles. The number of anilines is 1. The topological polar surface area (TPSA) is 59.7 Å². The zero-order valence-electron chi connectivity index (χ0n) is 11.8. The van der Waals surface area contributed by atoms with E-state index in [2.05, 4.69) is 27.0 Å². The Bertz CT molecular complexity index is 605. The van der Waals surface area contributed by atoms with E-state index >= 15 is 0 Å². The van der Waals surface area contributed by atoms with E-state index in [1.54, 1.807) is 9.58 Å². The van der Waals surface area contributed by atoms with Crippen molar-refractivity contribution < 1.29 is 0 Å². The van der Waals surface area contributed by atoms with Crippen molar-refractivity contribution in [2.45, 2.75) is 27.2 Å². The minimum absolute atomic E-state index is 0.166. The molecule has 19 heavy (non-hydrogen) atoms. The first-order chi connectivity index (χ1) is 8.93. The second-order valence-corrected chi connectivity index (χ2v) is 4.85. The molecule has 6 nitrogen and oxygen atoms in total. The maximum absolute atomic E-state index is 5.95. The molecular formula is C12H17ClN6. The van der Waals surface area contributed by atoms with Gasteiger partial charge < -0.3 is 4.90 Å². The Hall–Kier alpha value is -1.69. The van der Waals surface area contributed by atoms with Gasteiger partial charge >= 0.3 is 0 Å². The highest BCUT2D eigenvalue weighted by Crippen LogP contribution is 2.18. The van der Waals surface area contributed by atoms with E-state index in [0.717, 1.165) is 17.8 Å². The number of aromatic nitrogens is 5. The quantitative estimate of drug-likeness (QED) is 0.860. The lowest BCUT2D eigenvalue weighted by atomic mass is 10.1. The van der Waals surface area contributed by atoms with Crippen molar-refractivity contribution in [3.8, 4) is 5.95 Å². The predicted octanol–water partition coefficient (Wildman–Crippen LogP) is 1.96. The molecule has 0 unspecified atom stereocenters. The maximum Gasteiger partial charge on any atom is 0.256 e. The average molecular weight is 281 g/mol. The van der Waals surface area contributed by atoms with E-state index in [0.29, 0.717) is 11.9 Å². The Morgan fingerprint density at radius 2 is 1.84 bits per heavy atom. The highest BCUT2D eigenvalue weighted by atomic mass is 35.5. The first kappa shape index (κ1) is 13.7. The van der Waals surface area contributed by atoms with Crippen LogP contribution in [0.2, 0.25) is 5.28 Å². The van der Waals surface area contributed by atoms with E-state index in [-0.39, 0.29) is 5.28 Å². The molecule has 0 radical (unpaired) electrons. The molecule has 0 aliphatic rings. The van der Waals surface area contributed by atoms with Crippen molar-refractivity contribution in [3.05, 3.63) is 22.2 Å². The van der Waals surface area contributed by atoms with Gasteiger partial charge in [0.25, 0.3) is 5.95 Å². The summed E-state index contributed by atoms with van der Waals surface area (Å²) in [7, 11) is 3.71. The molecule has 0 atom stereocenters. The fourth-order valence-electron chi connectivity index (χ4n) is 2.01. The number of rotatable bonds is 3.